The molecule has 0 aromatic carbocycles. The van der Waals surface area contributed by atoms with Crippen LogP contribution in [0.25, 0.3) is 0 Å². The van der Waals surface area contributed by atoms with Crippen LogP contribution in [0.4, 0.5) is 0 Å². The number of hydrogen-bond donors (Lipinski definition) is 0. The van der Waals surface area contributed by atoms with Crippen molar-refractivity contribution in [3.63, 3.8) is 0 Å². The SMILES string of the molecule is C=CC1=C(/C=C(\C=C)CCC)OCO1. The smallest absolute Gasteiger partial charge is 0.231 e. The predicted molar refractivity (Wildman–Crippen MR) is 57.4 cm³/mol. The molecule has 0 aliphatic carbocycles. The van der Waals surface area contributed by atoms with E-state index in [1.54, 1.807) is 6.08 Å². The van der Waals surface area contributed by atoms with Gasteiger partial charge in [-0.2, -0.15) is 0 Å². The van der Waals surface area contributed by atoms with Gasteiger partial charge in [0.2, 0.25) is 6.79 Å². The zero-order valence-corrected chi connectivity index (χ0v) is 8.58. The third-order valence-corrected chi connectivity index (χ3v) is 1.97. The summed E-state index contributed by atoms with van der Waals surface area (Å²) in [6.45, 7) is 9.83. The third kappa shape index (κ3) is 2.52. The minimum atomic E-state index is 0.281. The van der Waals surface area contributed by atoms with E-state index in [2.05, 4.69) is 20.1 Å². The fraction of sp³-hybridized carbons (Fsp3) is 0.333. The largest absolute Gasteiger partial charge is 0.454 e. The Morgan fingerprint density at radius 2 is 2.07 bits per heavy atom. The van der Waals surface area contributed by atoms with Crippen molar-refractivity contribution < 1.29 is 9.47 Å². The van der Waals surface area contributed by atoms with Crippen molar-refractivity contribution in [2.45, 2.75) is 19.8 Å². The summed E-state index contributed by atoms with van der Waals surface area (Å²) in [4.78, 5) is 0. The van der Waals surface area contributed by atoms with Gasteiger partial charge in [-0.3, -0.25) is 0 Å². The summed E-state index contributed by atoms with van der Waals surface area (Å²) in [6.07, 6.45) is 7.56. The summed E-state index contributed by atoms with van der Waals surface area (Å²) in [6, 6.07) is 0. The zero-order valence-electron chi connectivity index (χ0n) is 8.58. The molecule has 0 amide bonds. The van der Waals surface area contributed by atoms with E-state index in [1.165, 1.54) is 0 Å². The van der Waals surface area contributed by atoms with Gasteiger partial charge in [0.25, 0.3) is 0 Å². The summed E-state index contributed by atoms with van der Waals surface area (Å²) in [5, 5.41) is 0. The van der Waals surface area contributed by atoms with E-state index in [1.807, 2.05) is 12.2 Å². The second-order valence-corrected chi connectivity index (χ2v) is 3.01. The van der Waals surface area contributed by atoms with Crippen LogP contribution in [0.1, 0.15) is 19.8 Å². The lowest BCUT2D eigenvalue weighted by Gasteiger charge is -1.99. The average molecular weight is 192 g/mol. The maximum atomic E-state index is 5.30. The quantitative estimate of drug-likeness (QED) is 0.622. The van der Waals surface area contributed by atoms with Gasteiger partial charge in [0.15, 0.2) is 11.5 Å². The molecule has 0 saturated carbocycles. The van der Waals surface area contributed by atoms with Gasteiger partial charge in [-0.25, -0.2) is 0 Å². The average Bonchev–Trinajstić information content (AvgIpc) is 2.64. The van der Waals surface area contributed by atoms with Gasteiger partial charge < -0.3 is 9.47 Å². The van der Waals surface area contributed by atoms with Crippen LogP contribution in [0.2, 0.25) is 0 Å². The first-order valence-corrected chi connectivity index (χ1v) is 4.77. The number of rotatable bonds is 5. The maximum absolute atomic E-state index is 5.30. The van der Waals surface area contributed by atoms with E-state index in [0.717, 1.165) is 24.2 Å². The molecule has 1 rings (SSSR count). The molecule has 0 spiro atoms. The highest BCUT2D eigenvalue weighted by molar-refractivity contribution is 5.31. The van der Waals surface area contributed by atoms with E-state index >= 15 is 0 Å². The van der Waals surface area contributed by atoms with E-state index in [0.29, 0.717) is 5.76 Å². The summed E-state index contributed by atoms with van der Waals surface area (Å²) in [5.41, 5.74) is 1.16. The van der Waals surface area contributed by atoms with Crippen molar-refractivity contribution in [3.8, 4) is 0 Å². The molecule has 14 heavy (non-hydrogen) atoms. The molecule has 2 heteroatoms. The highest BCUT2D eigenvalue weighted by atomic mass is 16.7. The molecule has 76 valence electrons. The minimum Gasteiger partial charge on any atom is -0.454 e. The summed E-state index contributed by atoms with van der Waals surface area (Å²) in [7, 11) is 0. The Morgan fingerprint density at radius 1 is 1.36 bits per heavy atom. The first-order chi connectivity index (χ1) is 6.81. The Hall–Kier alpha value is -1.44. The Balaban J connectivity index is 2.82. The van der Waals surface area contributed by atoms with Gasteiger partial charge in [0.1, 0.15) is 0 Å². The summed E-state index contributed by atoms with van der Waals surface area (Å²) >= 11 is 0. The van der Waals surface area contributed by atoms with E-state index < -0.39 is 0 Å². The fourth-order valence-corrected chi connectivity index (χ4v) is 1.26. The van der Waals surface area contributed by atoms with Crippen LogP contribution in [-0.2, 0) is 9.47 Å². The summed E-state index contributed by atoms with van der Waals surface area (Å²) < 4.78 is 10.5. The Kier molecular flexibility index (Phi) is 4.05. The Labute approximate surface area is 85.2 Å². The first-order valence-electron chi connectivity index (χ1n) is 4.77. The molecule has 0 bridgehead atoms. The molecule has 0 N–H and O–H groups in total. The highest BCUT2D eigenvalue weighted by Gasteiger charge is 2.12. The molecule has 0 atom stereocenters. The Bertz CT molecular complexity index is 285. The zero-order chi connectivity index (χ0) is 10.4. The van der Waals surface area contributed by atoms with Crippen LogP contribution < -0.4 is 0 Å². The topological polar surface area (TPSA) is 18.5 Å². The van der Waals surface area contributed by atoms with Crippen molar-refractivity contribution >= 4 is 0 Å². The van der Waals surface area contributed by atoms with Crippen molar-refractivity contribution in [2.75, 3.05) is 6.79 Å². The van der Waals surface area contributed by atoms with Crippen LogP contribution in [0.5, 0.6) is 0 Å². The molecular formula is C12H16O2. The lowest BCUT2D eigenvalue weighted by Crippen LogP contribution is -1.85. The molecule has 1 heterocycles. The van der Waals surface area contributed by atoms with Gasteiger partial charge in [-0.1, -0.05) is 32.6 Å². The molecule has 2 nitrogen and oxygen atoms in total. The van der Waals surface area contributed by atoms with E-state index in [-0.39, 0.29) is 6.79 Å². The van der Waals surface area contributed by atoms with Crippen LogP contribution in [-0.4, -0.2) is 6.79 Å². The lowest BCUT2D eigenvalue weighted by atomic mass is 10.1. The van der Waals surface area contributed by atoms with Crippen molar-refractivity contribution in [3.05, 3.63) is 48.5 Å². The van der Waals surface area contributed by atoms with Gasteiger partial charge in [-0.15, -0.1) is 0 Å². The van der Waals surface area contributed by atoms with Crippen molar-refractivity contribution in [1.29, 1.82) is 0 Å². The molecule has 1 aliphatic heterocycles. The fourth-order valence-electron chi connectivity index (χ4n) is 1.26. The predicted octanol–water partition coefficient (Wildman–Crippen LogP) is 3.30. The van der Waals surface area contributed by atoms with Gasteiger partial charge >= 0.3 is 0 Å². The van der Waals surface area contributed by atoms with Gasteiger partial charge in [0, 0.05) is 0 Å². The molecule has 0 radical (unpaired) electrons. The van der Waals surface area contributed by atoms with Gasteiger partial charge in [-0.05, 0) is 24.1 Å². The first kappa shape index (κ1) is 10.6. The standard InChI is InChI=1S/C12H16O2/c1-4-7-10(5-2)8-12-11(6-3)13-9-14-12/h5-6,8H,2-4,7,9H2,1H3/b10-8+. The minimum absolute atomic E-state index is 0.281. The highest BCUT2D eigenvalue weighted by Crippen LogP contribution is 2.21. The van der Waals surface area contributed by atoms with E-state index in [4.69, 9.17) is 9.47 Å². The molecule has 0 unspecified atom stereocenters. The number of allylic oxidation sites excluding steroid dienone is 4. The summed E-state index contributed by atoms with van der Waals surface area (Å²) in [5.74, 6) is 1.46. The molecular weight excluding hydrogens is 176 g/mol. The molecule has 0 saturated heterocycles. The van der Waals surface area contributed by atoms with E-state index in [9.17, 15) is 0 Å². The monoisotopic (exact) mass is 192 g/mol. The second-order valence-electron chi connectivity index (χ2n) is 3.01. The third-order valence-electron chi connectivity index (χ3n) is 1.97. The van der Waals surface area contributed by atoms with Crippen LogP contribution >= 0.6 is 0 Å². The Morgan fingerprint density at radius 3 is 2.64 bits per heavy atom. The number of hydrogen-bond acceptors (Lipinski definition) is 2. The van der Waals surface area contributed by atoms with Gasteiger partial charge in [0.05, 0.1) is 0 Å². The molecule has 0 fully saturated rings. The molecule has 0 aromatic heterocycles. The number of ether oxygens (including phenoxy) is 2. The van der Waals surface area contributed by atoms with Crippen molar-refractivity contribution in [1.82, 2.24) is 0 Å². The molecule has 1 aliphatic rings. The maximum Gasteiger partial charge on any atom is 0.231 e. The van der Waals surface area contributed by atoms with Crippen LogP contribution in [0.15, 0.2) is 48.5 Å². The molecule has 0 aromatic rings. The van der Waals surface area contributed by atoms with Crippen LogP contribution in [0.3, 0.4) is 0 Å². The van der Waals surface area contributed by atoms with Crippen LogP contribution in [0, 0.1) is 0 Å². The lowest BCUT2D eigenvalue weighted by molar-refractivity contribution is 0.0777. The second kappa shape index (κ2) is 5.32. The van der Waals surface area contributed by atoms with Crippen molar-refractivity contribution in [2.24, 2.45) is 0 Å². The normalized spacial score (nSPS) is 16.2.